The van der Waals surface area contributed by atoms with Crippen LogP contribution in [0.2, 0.25) is 10.0 Å². The van der Waals surface area contributed by atoms with Crippen LogP contribution < -0.4 is 4.72 Å². The van der Waals surface area contributed by atoms with Crippen LogP contribution in [0, 0.1) is 0 Å². The number of aromatic amines is 1. The van der Waals surface area contributed by atoms with Crippen LogP contribution in [0.1, 0.15) is 41.3 Å². The topological polar surface area (TPSA) is 79.0 Å². The van der Waals surface area contributed by atoms with Crippen LogP contribution in [0.4, 0.5) is 0 Å². The van der Waals surface area contributed by atoms with Gasteiger partial charge >= 0.3 is 0 Å². The molecule has 9 heteroatoms. The van der Waals surface area contributed by atoms with Crippen molar-refractivity contribution in [3.8, 4) is 0 Å². The number of nitrogens with one attached hydrogen (secondary N) is 2. The van der Waals surface area contributed by atoms with Crippen molar-refractivity contribution in [1.82, 2.24) is 9.71 Å². The molecule has 5 nitrogen and oxygen atoms in total. The van der Waals surface area contributed by atoms with Crippen LogP contribution in [0.25, 0.3) is 10.9 Å². The number of hydrogen-bond donors (Lipinski definition) is 2. The number of fused-ring (bicyclic) bond motifs is 1. The zero-order valence-corrected chi connectivity index (χ0v) is 20.2. The van der Waals surface area contributed by atoms with Gasteiger partial charge in [0.2, 0.25) is 0 Å². The molecule has 0 saturated carbocycles. The second kappa shape index (κ2) is 10.1. The third kappa shape index (κ3) is 5.86. The number of unbranched alkanes of at least 4 members (excludes halogenated alkanes) is 1. The maximum absolute atomic E-state index is 12.6. The van der Waals surface area contributed by atoms with E-state index in [2.05, 4.69) is 9.71 Å². The highest BCUT2D eigenvalue weighted by Gasteiger charge is 2.18. The van der Waals surface area contributed by atoms with Crippen LogP contribution in [0.15, 0.2) is 52.9 Å². The molecule has 0 aliphatic heterocycles. The number of thioether (sulfide) groups is 1. The quantitative estimate of drug-likeness (QED) is 0.366. The van der Waals surface area contributed by atoms with E-state index in [1.165, 1.54) is 6.08 Å². The van der Waals surface area contributed by atoms with E-state index >= 15 is 0 Å². The van der Waals surface area contributed by atoms with Crippen LogP contribution in [-0.2, 0) is 16.4 Å². The molecule has 2 N–H and O–H groups in total. The number of halogens is 2. The van der Waals surface area contributed by atoms with Crippen molar-refractivity contribution in [2.75, 3.05) is 6.26 Å². The van der Waals surface area contributed by atoms with E-state index in [0.29, 0.717) is 22.9 Å². The number of benzene rings is 2. The molecule has 0 aliphatic carbocycles. The highest BCUT2D eigenvalue weighted by atomic mass is 35.5. The number of rotatable bonds is 8. The fraction of sp³-hybridized carbons (Fsp3) is 0.227. The van der Waals surface area contributed by atoms with Crippen molar-refractivity contribution in [2.45, 2.75) is 31.2 Å². The van der Waals surface area contributed by atoms with Gasteiger partial charge in [0.05, 0.1) is 5.03 Å². The lowest BCUT2D eigenvalue weighted by atomic mass is 10.0. The molecular weight excluding hydrogens is 475 g/mol. The Morgan fingerprint density at radius 3 is 2.65 bits per heavy atom. The fourth-order valence-corrected chi connectivity index (χ4v) is 5.10. The number of allylic oxidation sites excluding steroid dienone is 1. The Morgan fingerprint density at radius 1 is 1.19 bits per heavy atom. The minimum atomic E-state index is -3.84. The molecule has 0 atom stereocenters. The third-order valence-electron chi connectivity index (χ3n) is 4.68. The number of amides is 1. The van der Waals surface area contributed by atoms with Crippen LogP contribution >= 0.6 is 35.0 Å². The number of aromatic nitrogens is 1. The minimum absolute atomic E-state index is 0.259. The summed E-state index contributed by atoms with van der Waals surface area (Å²) >= 11 is 13.9. The van der Waals surface area contributed by atoms with Crippen molar-refractivity contribution in [2.24, 2.45) is 0 Å². The van der Waals surface area contributed by atoms with Crippen molar-refractivity contribution in [1.29, 1.82) is 0 Å². The van der Waals surface area contributed by atoms with Gasteiger partial charge in [0.25, 0.3) is 15.9 Å². The van der Waals surface area contributed by atoms with E-state index in [1.807, 2.05) is 19.2 Å². The van der Waals surface area contributed by atoms with Crippen molar-refractivity contribution in [3.63, 3.8) is 0 Å². The number of sulfonamides is 1. The Labute approximate surface area is 196 Å². The molecular formula is C22H22Cl2N2O3S2. The summed E-state index contributed by atoms with van der Waals surface area (Å²) in [5.41, 5.74) is 2.99. The summed E-state index contributed by atoms with van der Waals surface area (Å²) in [5.74, 6) is -0.676. The van der Waals surface area contributed by atoms with Crippen molar-refractivity contribution in [3.05, 3.63) is 74.6 Å². The minimum Gasteiger partial charge on any atom is -0.349 e. The lowest BCUT2D eigenvalue weighted by molar-refractivity contribution is 0.0982. The fourth-order valence-electron chi connectivity index (χ4n) is 3.15. The van der Waals surface area contributed by atoms with Gasteiger partial charge in [-0.2, -0.15) is 0 Å². The first-order chi connectivity index (χ1) is 14.7. The zero-order valence-electron chi connectivity index (χ0n) is 17.0. The van der Waals surface area contributed by atoms with Crippen molar-refractivity contribution >= 4 is 61.8 Å². The molecule has 2 aromatic carbocycles. The molecule has 0 bridgehead atoms. The van der Waals surface area contributed by atoms with Gasteiger partial charge < -0.3 is 4.98 Å². The van der Waals surface area contributed by atoms with E-state index in [0.717, 1.165) is 38.9 Å². The SMILES string of the molecule is CCC/C=C/S(=O)(=O)NC(=O)c1ccc2[nH]c(SC)c(Cc3ccc(Cl)cc3Cl)c2c1. The molecule has 0 radical (unpaired) electrons. The van der Waals surface area contributed by atoms with Gasteiger partial charge in [-0.15, -0.1) is 11.8 Å². The molecule has 0 aliphatic rings. The molecule has 164 valence electrons. The number of hydrogen-bond acceptors (Lipinski definition) is 4. The molecule has 0 spiro atoms. The summed E-state index contributed by atoms with van der Waals surface area (Å²) in [6, 6.07) is 10.4. The molecule has 1 heterocycles. The first kappa shape index (κ1) is 23.7. The van der Waals surface area contributed by atoms with E-state index in [1.54, 1.807) is 42.1 Å². The van der Waals surface area contributed by atoms with E-state index in [9.17, 15) is 13.2 Å². The molecule has 1 aromatic heterocycles. The Hall–Kier alpha value is -1.93. The van der Waals surface area contributed by atoms with Crippen LogP contribution in [0.5, 0.6) is 0 Å². The van der Waals surface area contributed by atoms with Crippen LogP contribution in [0.3, 0.4) is 0 Å². The molecule has 3 aromatic rings. The second-order valence-electron chi connectivity index (χ2n) is 6.95. The Morgan fingerprint density at radius 2 is 1.97 bits per heavy atom. The van der Waals surface area contributed by atoms with E-state index in [4.69, 9.17) is 23.2 Å². The predicted octanol–water partition coefficient (Wildman–Crippen LogP) is 6.16. The van der Waals surface area contributed by atoms with E-state index in [-0.39, 0.29) is 5.56 Å². The molecule has 0 fully saturated rings. The predicted molar refractivity (Wildman–Crippen MR) is 130 cm³/mol. The number of H-pyrrole nitrogens is 1. The molecule has 1 amide bonds. The van der Waals surface area contributed by atoms with Gasteiger partial charge in [0, 0.05) is 38.3 Å². The average molecular weight is 497 g/mol. The highest BCUT2D eigenvalue weighted by Crippen LogP contribution is 2.33. The second-order valence-corrected chi connectivity index (χ2v) is 10.2. The first-order valence-electron chi connectivity index (χ1n) is 9.60. The van der Waals surface area contributed by atoms with Gasteiger partial charge in [-0.1, -0.05) is 48.7 Å². The summed E-state index contributed by atoms with van der Waals surface area (Å²) in [6.07, 6.45) is 5.47. The molecule has 0 saturated heterocycles. The third-order valence-corrected chi connectivity index (χ3v) is 7.05. The molecule has 31 heavy (non-hydrogen) atoms. The van der Waals surface area contributed by atoms with Gasteiger partial charge in [0.1, 0.15) is 0 Å². The van der Waals surface area contributed by atoms with Gasteiger partial charge in [-0.25, -0.2) is 13.1 Å². The number of carbonyl (C=O) groups is 1. The largest absolute Gasteiger partial charge is 0.349 e. The maximum Gasteiger partial charge on any atom is 0.265 e. The Balaban J connectivity index is 1.95. The van der Waals surface area contributed by atoms with Crippen LogP contribution in [-0.4, -0.2) is 25.6 Å². The first-order valence-corrected chi connectivity index (χ1v) is 13.1. The van der Waals surface area contributed by atoms with Gasteiger partial charge in [0.15, 0.2) is 0 Å². The van der Waals surface area contributed by atoms with Gasteiger partial charge in [-0.05, 0) is 54.1 Å². The summed E-state index contributed by atoms with van der Waals surface area (Å²) in [7, 11) is -3.84. The van der Waals surface area contributed by atoms with Crippen molar-refractivity contribution < 1.29 is 13.2 Å². The summed E-state index contributed by atoms with van der Waals surface area (Å²) in [5, 5.41) is 3.94. The standard InChI is InChI=1S/C22H22Cl2N2O3S2/c1-3-4-5-10-31(28,29)26-21(27)15-7-9-20-17(12-15)18(22(25-20)30-2)11-14-6-8-16(23)13-19(14)24/h5-10,12-13,25H,3-4,11H2,1-2H3,(H,26,27)/b10-5+. The smallest absolute Gasteiger partial charge is 0.265 e. The average Bonchev–Trinajstić information content (AvgIpc) is 3.06. The molecule has 3 rings (SSSR count). The highest BCUT2D eigenvalue weighted by molar-refractivity contribution is 7.98. The maximum atomic E-state index is 12.6. The van der Waals surface area contributed by atoms with Gasteiger partial charge in [-0.3, -0.25) is 4.79 Å². The van der Waals surface area contributed by atoms with E-state index < -0.39 is 15.9 Å². The summed E-state index contributed by atoms with van der Waals surface area (Å²) in [6.45, 7) is 1.94. The summed E-state index contributed by atoms with van der Waals surface area (Å²) in [4.78, 5) is 15.9. The Bertz CT molecular complexity index is 1250. The zero-order chi connectivity index (χ0) is 22.6. The monoisotopic (exact) mass is 496 g/mol. The number of carbonyl (C=O) groups excluding carboxylic acids is 1. The lowest BCUT2D eigenvalue weighted by Crippen LogP contribution is -2.28. The Kier molecular flexibility index (Phi) is 7.75. The normalized spacial score (nSPS) is 12.0. The molecule has 0 unspecified atom stereocenters. The summed E-state index contributed by atoms with van der Waals surface area (Å²) < 4.78 is 26.3. The lowest BCUT2D eigenvalue weighted by Gasteiger charge is -2.07.